The summed E-state index contributed by atoms with van der Waals surface area (Å²) in [5.74, 6) is 0.443. The van der Waals surface area contributed by atoms with Crippen molar-refractivity contribution < 1.29 is 4.79 Å². The first-order chi connectivity index (χ1) is 6.62. The number of nitrogens with zero attached hydrogens (tertiary/aromatic N) is 4. The molecule has 76 valence electrons. The van der Waals surface area contributed by atoms with E-state index in [0.29, 0.717) is 19.0 Å². The molecule has 0 unspecified atom stereocenters. The van der Waals surface area contributed by atoms with E-state index in [1.54, 1.807) is 0 Å². The zero-order chi connectivity index (χ0) is 10.2. The number of amides is 1. The van der Waals surface area contributed by atoms with Gasteiger partial charge in [0.15, 0.2) is 0 Å². The second-order valence-electron chi connectivity index (χ2n) is 3.68. The van der Waals surface area contributed by atoms with Crippen molar-refractivity contribution in [2.45, 2.75) is 19.4 Å². The highest BCUT2D eigenvalue weighted by atomic mass is 16.2. The largest absolute Gasteiger partial charge is 0.352 e. The molecule has 7 heteroatoms. The molecule has 0 spiro atoms. The highest BCUT2D eigenvalue weighted by Gasteiger charge is 2.39. The lowest BCUT2D eigenvalue weighted by molar-refractivity contribution is -0.126. The number of hydrogen-bond acceptors (Lipinski definition) is 5. The Morgan fingerprint density at radius 1 is 1.50 bits per heavy atom. The van der Waals surface area contributed by atoms with Crippen LogP contribution >= 0.6 is 0 Å². The Hall–Kier alpha value is -1.66. The third-order valence-corrected chi connectivity index (χ3v) is 2.43. The van der Waals surface area contributed by atoms with Gasteiger partial charge in [-0.05, 0) is 19.1 Å². The first kappa shape index (κ1) is 8.92. The van der Waals surface area contributed by atoms with Crippen LogP contribution in [0.3, 0.4) is 0 Å². The highest BCUT2D eigenvalue weighted by Crippen LogP contribution is 2.21. The lowest BCUT2D eigenvalue weighted by Crippen LogP contribution is -2.62. The number of rotatable bonds is 1. The van der Waals surface area contributed by atoms with Crippen LogP contribution in [0.5, 0.6) is 0 Å². The van der Waals surface area contributed by atoms with E-state index in [-0.39, 0.29) is 5.91 Å². The molecule has 0 aromatic carbocycles. The maximum atomic E-state index is 11.6. The number of hydrogen-bond donors (Lipinski definition) is 2. The smallest absolute Gasteiger partial charge is 0.266 e. The fraction of sp³-hybridized carbons (Fsp3) is 0.714. The van der Waals surface area contributed by atoms with Crippen molar-refractivity contribution in [2.75, 3.05) is 18.0 Å². The molecule has 0 bridgehead atoms. The molecule has 0 atom stereocenters. The van der Waals surface area contributed by atoms with E-state index >= 15 is 0 Å². The summed E-state index contributed by atoms with van der Waals surface area (Å²) in [6, 6.07) is 0. The molecule has 1 aromatic heterocycles. The van der Waals surface area contributed by atoms with Gasteiger partial charge in [-0.2, -0.15) is 5.21 Å². The number of carbonyl (C=O) groups excluding carboxylic acids is 1. The van der Waals surface area contributed by atoms with Crippen molar-refractivity contribution in [2.24, 2.45) is 0 Å². The molecule has 2 rings (SSSR count). The van der Waals surface area contributed by atoms with E-state index in [1.807, 2.05) is 18.7 Å². The number of nitrogens with one attached hydrogen (secondary N) is 2. The average molecular weight is 196 g/mol. The summed E-state index contributed by atoms with van der Waals surface area (Å²) in [6.45, 7) is 4.96. The molecule has 7 nitrogen and oxygen atoms in total. The Morgan fingerprint density at radius 2 is 2.29 bits per heavy atom. The van der Waals surface area contributed by atoms with Gasteiger partial charge in [0.1, 0.15) is 5.54 Å². The minimum Gasteiger partial charge on any atom is -0.352 e. The number of aromatic amines is 1. The molecule has 2 heterocycles. The van der Waals surface area contributed by atoms with Crippen LogP contribution in [0.15, 0.2) is 0 Å². The molecule has 1 aromatic rings. The molecule has 1 aliphatic rings. The molecular formula is C7H12N6O. The first-order valence-corrected chi connectivity index (χ1v) is 4.42. The standard InChI is InChI=1S/C7H12N6O/c1-7(2)5(14)8-3-4-13(7)6-9-11-12-10-6/h3-4H2,1-2H3,(H,8,14)(H,9,10,11,12). The number of piperazine rings is 1. The van der Waals surface area contributed by atoms with Crippen LogP contribution in [0.25, 0.3) is 0 Å². The maximum Gasteiger partial charge on any atom is 0.266 e. The van der Waals surface area contributed by atoms with Crippen molar-refractivity contribution in [3.05, 3.63) is 0 Å². The summed E-state index contributed by atoms with van der Waals surface area (Å²) in [6.07, 6.45) is 0. The molecule has 1 aliphatic heterocycles. The zero-order valence-electron chi connectivity index (χ0n) is 8.11. The number of H-pyrrole nitrogens is 1. The van der Waals surface area contributed by atoms with Crippen LogP contribution < -0.4 is 10.2 Å². The summed E-state index contributed by atoms with van der Waals surface area (Å²) in [7, 11) is 0. The number of tetrazole rings is 1. The molecular weight excluding hydrogens is 184 g/mol. The molecule has 1 fully saturated rings. The molecule has 14 heavy (non-hydrogen) atoms. The summed E-state index contributed by atoms with van der Waals surface area (Å²) in [4.78, 5) is 13.4. The van der Waals surface area contributed by atoms with Gasteiger partial charge in [-0.3, -0.25) is 4.79 Å². The van der Waals surface area contributed by atoms with Gasteiger partial charge in [-0.1, -0.05) is 5.10 Å². The molecule has 1 saturated heterocycles. The van der Waals surface area contributed by atoms with Gasteiger partial charge < -0.3 is 10.2 Å². The fourth-order valence-corrected chi connectivity index (χ4v) is 1.52. The summed E-state index contributed by atoms with van der Waals surface area (Å²) in [5.41, 5.74) is -0.623. The second kappa shape index (κ2) is 2.93. The first-order valence-electron chi connectivity index (χ1n) is 4.42. The summed E-state index contributed by atoms with van der Waals surface area (Å²) >= 11 is 0. The Bertz CT molecular complexity index is 332. The molecule has 2 N–H and O–H groups in total. The van der Waals surface area contributed by atoms with Crippen LogP contribution in [-0.2, 0) is 4.79 Å². The quantitative estimate of drug-likeness (QED) is 0.596. The van der Waals surface area contributed by atoms with Crippen LogP contribution in [0.2, 0.25) is 0 Å². The van der Waals surface area contributed by atoms with Crippen molar-refractivity contribution in [3.63, 3.8) is 0 Å². The van der Waals surface area contributed by atoms with Crippen molar-refractivity contribution in [1.29, 1.82) is 0 Å². The fourth-order valence-electron chi connectivity index (χ4n) is 1.52. The van der Waals surface area contributed by atoms with E-state index in [4.69, 9.17) is 0 Å². The normalized spacial score (nSPS) is 20.7. The van der Waals surface area contributed by atoms with Crippen molar-refractivity contribution in [3.8, 4) is 0 Å². The minimum atomic E-state index is -0.623. The van der Waals surface area contributed by atoms with Gasteiger partial charge in [0.2, 0.25) is 5.91 Å². The SMILES string of the molecule is CC1(C)C(=O)NCCN1c1nn[nH]n1. The molecule has 0 saturated carbocycles. The van der Waals surface area contributed by atoms with Crippen LogP contribution in [0.1, 0.15) is 13.8 Å². The van der Waals surface area contributed by atoms with E-state index in [9.17, 15) is 4.79 Å². The average Bonchev–Trinajstić information content (AvgIpc) is 2.62. The van der Waals surface area contributed by atoms with E-state index in [1.165, 1.54) is 0 Å². The Balaban J connectivity index is 2.30. The van der Waals surface area contributed by atoms with Crippen LogP contribution in [-0.4, -0.2) is 45.2 Å². The van der Waals surface area contributed by atoms with Gasteiger partial charge in [0.25, 0.3) is 5.95 Å². The van der Waals surface area contributed by atoms with Crippen molar-refractivity contribution in [1.82, 2.24) is 25.9 Å². The Morgan fingerprint density at radius 3 is 2.93 bits per heavy atom. The predicted octanol–water partition coefficient (Wildman–Crippen LogP) is -1.09. The van der Waals surface area contributed by atoms with E-state index in [0.717, 1.165) is 0 Å². The number of anilines is 1. The highest BCUT2D eigenvalue weighted by molar-refractivity contribution is 5.89. The lowest BCUT2D eigenvalue weighted by Gasteiger charge is -2.40. The third-order valence-electron chi connectivity index (χ3n) is 2.43. The van der Waals surface area contributed by atoms with Crippen LogP contribution in [0.4, 0.5) is 5.95 Å². The molecule has 0 aliphatic carbocycles. The monoisotopic (exact) mass is 196 g/mol. The van der Waals surface area contributed by atoms with E-state index < -0.39 is 5.54 Å². The van der Waals surface area contributed by atoms with Crippen LogP contribution in [0, 0.1) is 0 Å². The summed E-state index contributed by atoms with van der Waals surface area (Å²) < 4.78 is 0. The van der Waals surface area contributed by atoms with Gasteiger partial charge in [-0.25, -0.2) is 0 Å². The van der Waals surface area contributed by atoms with Crippen molar-refractivity contribution >= 4 is 11.9 Å². The van der Waals surface area contributed by atoms with Gasteiger partial charge in [0.05, 0.1) is 0 Å². The number of aromatic nitrogens is 4. The second-order valence-corrected chi connectivity index (χ2v) is 3.68. The van der Waals surface area contributed by atoms with Gasteiger partial charge >= 0.3 is 0 Å². The van der Waals surface area contributed by atoms with Gasteiger partial charge in [0, 0.05) is 13.1 Å². The zero-order valence-corrected chi connectivity index (χ0v) is 8.11. The Kier molecular flexibility index (Phi) is 1.87. The molecule has 1 amide bonds. The Labute approximate surface area is 80.9 Å². The minimum absolute atomic E-state index is 0.0199. The van der Waals surface area contributed by atoms with Gasteiger partial charge in [-0.15, -0.1) is 5.10 Å². The topological polar surface area (TPSA) is 86.8 Å². The maximum absolute atomic E-state index is 11.6. The summed E-state index contributed by atoms with van der Waals surface area (Å²) in [5, 5.41) is 16.4. The number of carbonyl (C=O) groups is 1. The lowest BCUT2D eigenvalue weighted by atomic mass is 10.00. The molecule has 0 radical (unpaired) electrons. The van der Waals surface area contributed by atoms with E-state index in [2.05, 4.69) is 25.9 Å². The predicted molar refractivity (Wildman–Crippen MR) is 48.6 cm³/mol. The third kappa shape index (κ3) is 1.21.